The van der Waals surface area contributed by atoms with Crippen LogP contribution in [-0.2, 0) is 0 Å². The summed E-state index contributed by atoms with van der Waals surface area (Å²) in [6, 6.07) is 4.30. The number of nitrogens with zero attached hydrogens (tertiary/aromatic N) is 1. The fourth-order valence-electron chi connectivity index (χ4n) is 1.86. The fourth-order valence-corrected chi connectivity index (χ4v) is 2.92. The maximum atomic E-state index is 5.61. The first kappa shape index (κ1) is 12.3. The van der Waals surface area contributed by atoms with E-state index in [4.69, 9.17) is 4.42 Å². The van der Waals surface area contributed by atoms with Crippen LogP contribution in [0.1, 0.15) is 36.2 Å². The van der Waals surface area contributed by atoms with Crippen molar-refractivity contribution in [3.8, 4) is 10.8 Å². The highest BCUT2D eigenvalue weighted by Gasteiger charge is 2.15. The Morgan fingerprint density at radius 1 is 1.41 bits per heavy atom. The quantitative estimate of drug-likeness (QED) is 0.899. The molecule has 0 spiro atoms. The highest BCUT2D eigenvalue weighted by Crippen LogP contribution is 2.32. The van der Waals surface area contributed by atoms with Crippen LogP contribution in [0, 0.1) is 13.8 Å². The summed E-state index contributed by atoms with van der Waals surface area (Å²) in [7, 11) is 0. The van der Waals surface area contributed by atoms with Crippen molar-refractivity contribution < 1.29 is 4.42 Å². The van der Waals surface area contributed by atoms with Crippen LogP contribution in [-0.4, -0.2) is 11.5 Å². The third-order valence-corrected chi connectivity index (χ3v) is 4.04. The average molecular weight is 250 g/mol. The molecular weight excluding hydrogens is 232 g/mol. The van der Waals surface area contributed by atoms with Crippen molar-refractivity contribution in [2.24, 2.45) is 0 Å². The monoisotopic (exact) mass is 250 g/mol. The molecule has 0 saturated carbocycles. The largest absolute Gasteiger partial charge is 0.459 e. The molecule has 2 rings (SSSR count). The molecule has 1 unspecified atom stereocenters. The predicted octanol–water partition coefficient (Wildman–Crippen LogP) is 3.69. The van der Waals surface area contributed by atoms with Crippen LogP contribution in [0.5, 0.6) is 0 Å². The van der Waals surface area contributed by atoms with E-state index in [2.05, 4.69) is 31.1 Å². The second kappa shape index (κ2) is 5.02. The Morgan fingerprint density at radius 3 is 2.76 bits per heavy atom. The standard InChI is InChI=1S/C13H18N2OS/c1-5-14-9(3)12-10(4)15-13(17-12)11-7-6-8(2)16-11/h6-7,9,14H,5H2,1-4H3. The Kier molecular flexibility index (Phi) is 3.64. The number of nitrogens with one attached hydrogen (secondary N) is 1. The number of rotatable bonds is 4. The number of aromatic nitrogens is 1. The SMILES string of the molecule is CCNC(C)c1sc(-c2ccc(C)o2)nc1C. The smallest absolute Gasteiger partial charge is 0.162 e. The molecule has 0 amide bonds. The first-order valence-corrected chi connectivity index (χ1v) is 6.71. The van der Waals surface area contributed by atoms with Crippen LogP contribution < -0.4 is 5.32 Å². The van der Waals surface area contributed by atoms with Gasteiger partial charge in [-0.05, 0) is 39.4 Å². The Balaban J connectivity index is 2.30. The summed E-state index contributed by atoms with van der Waals surface area (Å²) in [5, 5.41) is 4.38. The van der Waals surface area contributed by atoms with Crippen LogP contribution >= 0.6 is 11.3 Å². The molecule has 0 saturated heterocycles. The van der Waals surface area contributed by atoms with E-state index in [1.165, 1.54) is 4.88 Å². The second-order valence-electron chi connectivity index (χ2n) is 4.16. The number of hydrogen-bond donors (Lipinski definition) is 1. The Hall–Kier alpha value is -1.13. The summed E-state index contributed by atoms with van der Waals surface area (Å²) in [4.78, 5) is 5.87. The van der Waals surface area contributed by atoms with Crippen LogP contribution in [0.15, 0.2) is 16.5 Å². The molecule has 0 bridgehead atoms. The van der Waals surface area contributed by atoms with Gasteiger partial charge < -0.3 is 9.73 Å². The molecular formula is C13H18N2OS. The van der Waals surface area contributed by atoms with Gasteiger partial charge in [0.15, 0.2) is 10.8 Å². The first-order valence-electron chi connectivity index (χ1n) is 5.89. The molecule has 0 aliphatic carbocycles. The molecule has 92 valence electrons. The average Bonchev–Trinajstić information content (AvgIpc) is 2.85. The minimum atomic E-state index is 0.349. The van der Waals surface area contributed by atoms with E-state index < -0.39 is 0 Å². The zero-order valence-corrected chi connectivity index (χ0v) is 11.5. The van der Waals surface area contributed by atoms with Crippen LogP contribution in [0.25, 0.3) is 10.8 Å². The van der Waals surface area contributed by atoms with Gasteiger partial charge in [0.2, 0.25) is 0 Å². The second-order valence-corrected chi connectivity index (χ2v) is 5.19. The Labute approximate surface area is 106 Å². The van der Waals surface area contributed by atoms with E-state index in [0.29, 0.717) is 6.04 Å². The normalized spacial score (nSPS) is 12.9. The number of thiazole rings is 1. The maximum absolute atomic E-state index is 5.61. The third-order valence-electron chi connectivity index (χ3n) is 2.69. The van der Waals surface area contributed by atoms with Gasteiger partial charge in [-0.1, -0.05) is 6.92 Å². The summed E-state index contributed by atoms with van der Waals surface area (Å²) < 4.78 is 5.61. The lowest BCUT2D eigenvalue weighted by Gasteiger charge is -2.09. The van der Waals surface area contributed by atoms with E-state index in [1.807, 2.05) is 19.1 Å². The van der Waals surface area contributed by atoms with Gasteiger partial charge in [-0.15, -0.1) is 11.3 Å². The van der Waals surface area contributed by atoms with E-state index in [1.54, 1.807) is 11.3 Å². The van der Waals surface area contributed by atoms with Gasteiger partial charge in [-0.3, -0.25) is 0 Å². The molecule has 2 aromatic rings. The number of furan rings is 1. The molecule has 17 heavy (non-hydrogen) atoms. The molecule has 2 aromatic heterocycles. The van der Waals surface area contributed by atoms with Crippen molar-refractivity contribution in [2.75, 3.05) is 6.54 Å². The highest BCUT2D eigenvalue weighted by atomic mass is 32.1. The lowest BCUT2D eigenvalue weighted by Crippen LogP contribution is -2.17. The molecule has 0 aliphatic rings. The lowest BCUT2D eigenvalue weighted by molar-refractivity contribution is 0.548. The molecule has 1 N–H and O–H groups in total. The van der Waals surface area contributed by atoms with Gasteiger partial charge in [0.25, 0.3) is 0 Å². The molecule has 0 aromatic carbocycles. The van der Waals surface area contributed by atoms with E-state index in [-0.39, 0.29) is 0 Å². The number of aryl methyl sites for hydroxylation is 2. The van der Waals surface area contributed by atoms with Gasteiger partial charge in [0.1, 0.15) is 5.76 Å². The summed E-state index contributed by atoms with van der Waals surface area (Å²) in [6.07, 6.45) is 0. The van der Waals surface area contributed by atoms with Gasteiger partial charge in [0.05, 0.1) is 5.69 Å². The maximum Gasteiger partial charge on any atom is 0.162 e. The van der Waals surface area contributed by atoms with Gasteiger partial charge in [0, 0.05) is 10.9 Å². The van der Waals surface area contributed by atoms with E-state index in [9.17, 15) is 0 Å². The number of hydrogen-bond acceptors (Lipinski definition) is 4. The predicted molar refractivity (Wildman–Crippen MR) is 71.4 cm³/mol. The van der Waals surface area contributed by atoms with Crippen molar-refractivity contribution in [1.82, 2.24) is 10.3 Å². The van der Waals surface area contributed by atoms with Crippen LogP contribution in [0.2, 0.25) is 0 Å². The zero-order chi connectivity index (χ0) is 12.4. The minimum absolute atomic E-state index is 0.349. The van der Waals surface area contributed by atoms with Crippen molar-refractivity contribution in [1.29, 1.82) is 0 Å². The van der Waals surface area contributed by atoms with Crippen LogP contribution in [0.4, 0.5) is 0 Å². The summed E-state index contributed by atoms with van der Waals surface area (Å²) in [5.74, 6) is 1.79. The van der Waals surface area contributed by atoms with Crippen LogP contribution in [0.3, 0.4) is 0 Å². The highest BCUT2D eigenvalue weighted by molar-refractivity contribution is 7.15. The van der Waals surface area contributed by atoms with Gasteiger partial charge in [-0.25, -0.2) is 4.98 Å². The molecule has 2 heterocycles. The lowest BCUT2D eigenvalue weighted by atomic mass is 10.2. The Morgan fingerprint density at radius 2 is 2.18 bits per heavy atom. The molecule has 4 heteroatoms. The van der Waals surface area contributed by atoms with Crippen molar-refractivity contribution in [3.05, 3.63) is 28.5 Å². The summed E-state index contributed by atoms with van der Waals surface area (Å²) in [5.41, 5.74) is 1.09. The van der Waals surface area contributed by atoms with Crippen molar-refractivity contribution in [3.63, 3.8) is 0 Å². The third kappa shape index (κ3) is 2.58. The van der Waals surface area contributed by atoms with E-state index in [0.717, 1.165) is 28.8 Å². The molecule has 1 atom stereocenters. The van der Waals surface area contributed by atoms with Crippen molar-refractivity contribution >= 4 is 11.3 Å². The molecule has 0 radical (unpaired) electrons. The minimum Gasteiger partial charge on any atom is -0.459 e. The van der Waals surface area contributed by atoms with E-state index >= 15 is 0 Å². The Bertz CT molecular complexity index is 501. The topological polar surface area (TPSA) is 38.1 Å². The molecule has 3 nitrogen and oxygen atoms in total. The zero-order valence-electron chi connectivity index (χ0n) is 10.7. The first-order chi connectivity index (χ1) is 8.11. The summed E-state index contributed by atoms with van der Waals surface area (Å²) in [6.45, 7) is 9.25. The van der Waals surface area contributed by atoms with Gasteiger partial charge in [-0.2, -0.15) is 0 Å². The summed E-state index contributed by atoms with van der Waals surface area (Å²) >= 11 is 1.71. The van der Waals surface area contributed by atoms with Crippen molar-refractivity contribution in [2.45, 2.75) is 33.7 Å². The molecule has 0 fully saturated rings. The molecule has 0 aliphatic heterocycles. The fraction of sp³-hybridized carbons (Fsp3) is 0.462. The van der Waals surface area contributed by atoms with Gasteiger partial charge >= 0.3 is 0 Å².